The second kappa shape index (κ2) is 11.5. The minimum atomic E-state index is -0.612. The molecule has 1 atom stereocenters. The number of benzene rings is 2. The van der Waals surface area contributed by atoms with Gasteiger partial charge in [0, 0.05) is 12.1 Å². The van der Waals surface area contributed by atoms with Crippen LogP contribution in [0.4, 0.5) is 5.69 Å². The number of carbonyl (C=O) groups excluding carboxylic acids is 2. The smallest absolute Gasteiger partial charge is 0.237 e. The van der Waals surface area contributed by atoms with Crippen LogP contribution in [0.25, 0.3) is 0 Å². The highest BCUT2D eigenvalue weighted by atomic mass is 16.2. The minimum absolute atomic E-state index is 0.186. The fourth-order valence-electron chi connectivity index (χ4n) is 4.50. The first-order chi connectivity index (χ1) is 18.4. The van der Waals surface area contributed by atoms with E-state index in [9.17, 15) is 20.1 Å². The molecule has 0 aliphatic carbocycles. The molecule has 0 spiro atoms. The fraction of sp³-hybridized carbons (Fsp3) is 0.400. The van der Waals surface area contributed by atoms with Crippen LogP contribution >= 0.6 is 0 Å². The fourth-order valence-corrected chi connectivity index (χ4v) is 4.50. The van der Waals surface area contributed by atoms with Crippen LogP contribution in [0.15, 0.2) is 55.1 Å². The highest BCUT2D eigenvalue weighted by molar-refractivity contribution is 6.03. The number of anilines is 1. The van der Waals surface area contributed by atoms with Crippen molar-refractivity contribution in [1.82, 2.24) is 20.1 Å². The lowest BCUT2D eigenvalue weighted by Crippen LogP contribution is -2.51. The number of nitrogen functional groups attached to an aromatic ring is 1. The molecule has 1 unspecified atom stereocenters. The predicted molar refractivity (Wildman–Crippen MR) is 148 cm³/mol. The Kier molecular flexibility index (Phi) is 8.56. The number of nitriles is 2. The number of nitrogens with zero attached hydrogens (tertiary/aromatic N) is 5. The Bertz CT molecular complexity index is 1370. The first-order valence-electron chi connectivity index (χ1n) is 12.9. The molecule has 9 heteroatoms. The average molecular weight is 526 g/mol. The molecule has 1 fully saturated rings. The van der Waals surface area contributed by atoms with Gasteiger partial charge in [-0.05, 0) is 74.9 Å². The van der Waals surface area contributed by atoms with E-state index in [1.165, 1.54) is 6.33 Å². The molecule has 4 rings (SSSR count). The maximum Gasteiger partial charge on any atom is 0.237 e. The molecule has 1 aliphatic rings. The number of nitrogens with one attached hydrogen (secondary N) is 1. The summed E-state index contributed by atoms with van der Waals surface area (Å²) in [6, 6.07) is 17.9. The predicted octanol–water partition coefficient (Wildman–Crippen LogP) is 4.28. The zero-order valence-corrected chi connectivity index (χ0v) is 23.2. The molecule has 0 bridgehead atoms. The van der Waals surface area contributed by atoms with Gasteiger partial charge in [-0.15, -0.1) is 0 Å². The van der Waals surface area contributed by atoms with Crippen LogP contribution in [0.3, 0.4) is 0 Å². The monoisotopic (exact) mass is 525 g/mol. The van der Waals surface area contributed by atoms with Crippen LogP contribution < -0.4 is 11.1 Å². The maximum absolute atomic E-state index is 12.1. The molecule has 2 heterocycles. The van der Waals surface area contributed by atoms with Crippen molar-refractivity contribution in [2.24, 2.45) is 0 Å². The van der Waals surface area contributed by atoms with Gasteiger partial charge in [0.1, 0.15) is 12.7 Å². The number of hydrogen-bond acceptors (Lipinski definition) is 7. The Labute approximate surface area is 229 Å². The van der Waals surface area contributed by atoms with Crippen molar-refractivity contribution in [2.45, 2.75) is 76.7 Å². The SMILES string of the molecule is CC(C)(C#N)c1cc(Cn2cncn2)cc(C(C)(C)C#N)c1.CCC1(c2ccc(N)cc2)CCC(=O)NC1=O. The number of nitrogens with two attached hydrogens (primary N) is 1. The van der Waals surface area contributed by atoms with E-state index in [4.69, 9.17) is 5.73 Å². The molecule has 3 N–H and O–H groups in total. The van der Waals surface area contributed by atoms with Crippen LogP contribution in [0.1, 0.15) is 76.1 Å². The summed E-state index contributed by atoms with van der Waals surface area (Å²) in [5.41, 5.74) is 8.26. The Morgan fingerprint density at radius 2 is 1.62 bits per heavy atom. The summed E-state index contributed by atoms with van der Waals surface area (Å²) in [5, 5.41) is 25.3. The van der Waals surface area contributed by atoms with Crippen molar-refractivity contribution in [3.05, 3.63) is 77.4 Å². The lowest BCUT2D eigenvalue weighted by Gasteiger charge is -2.34. The Balaban J connectivity index is 0.000000223. The lowest BCUT2D eigenvalue weighted by atomic mass is 9.72. The summed E-state index contributed by atoms with van der Waals surface area (Å²) < 4.78 is 1.72. The van der Waals surface area contributed by atoms with Crippen molar-refractivity contribution in [3.8, 4) is 12.1 Å². The van der Waals surface area contributed by atoms with Crippen molar-refractivity contribution in [3.63, 3.8) is 0 Å². The summed E-state index contributed by atoms with van der Waals surface area (Å²) in [4.78, 5) is 27.2. The first kappa shape index (κ1) is 29.1. The van der Waals surface area contributed by atoms with Crippen LogP contribution in [0.5, 0.6) is 0 Å². The topological polar surface area (TPSA) is 150 Å². The Hall–Kier alpha value is -4.50. The van der Waals surface area contributed by atoms with Crippen molar-refractivity contribution >= 4 is 17.5 Å². The number of rotatable bonds is 6. The van der Waals surface area contributed by atoms with Crippen molar-refractivity contribution < 1.29 is 9.59 Å². The Morgan fingerprint density at radius 3 is 2.08 bits per heavy atom. The van der Waals surface area contributed by atoms with Gasteiger partial charge in [-0.2, -0.15) is 15.6 Å². The number of imide groups is 1. The molecular formula is C30H35N7O2. The third-order valence-corrected chi connectivity index (χ3v) is 7.34. The highest BCUT2D eigenvalue weighted by Gasteiger charge is 2.42. The largest absolute Gasteiger partial charge is 0.399 e. The summed E-state index contributed by atoms with van der Waals surface area (Å²) >= 11 is 0. The molecular weight excluding hydrogens is 490 g/mol. The van der Waals surface area contributed by atoms with Gasteiger partial charge in [-0.1, -0.05) is 37.3 Å². The van der Waals surface area contributed by atoms with Gasteiger partial charge in [-0.3, -0.25) is 14.9 Å². The van der Waals surface area contributed by atoms with E-state index in [0.29, 0.717) is 31.5 Å². The van der Waals surface area contributed by atoms with E-state index >= 15 is 0 Å². The van der Waals surface area contributed by atoms with Gasteiger partial charge in [0.05, 0.1) is 34.9 Å². The average Bonchev–Trinajstić information content (AvgIpc) is 3.43. The number of aromatic nitrogens is 3. The molecule has 1 aliphatic heterocycles. The Morgan fingerprint density at radius 1 is 1.03 bits per heavy atom. The number of carbonyl (C=O) groups is 2. The van der Waals surface area contributed by atoms with Crippen molar-refractivity contribution in [2.75, 3.05) is 5.73 Å². The van der Waals surface area contributed by atoms with E-state index in [1.807, 2.05) is 65.0 Å². The van der Waals surface area contributed by atoms with Gasteiger partial charge in [-0.25, -0.2) is 9.67 Å². The van der Waals surface area contributed by atoms with Crippen LogP contribution in [-0.4, -0.2) is 26.6 Å². The summed E-state index contributed by atoms with van der Waals surface area (Å²) in [5.74, 6) is -0.379. The summed E-state index contributed by atoms with van der Waals surface area (Å²) in [6.45, 7) is 10.0. The van der Waals surface area contributed by atoms with Gasteiger partial charge in [0.2, 0.25) is 11.8 Å². The van der Waals surface area contributed by atoms with Crippen LogP contribution in [0, 0.1) is 22.7 Å². The summed E-state index contributed by atoms with van der Waals surface area (Å²) in [7, 11) is 0. The molecule has 1 saturated heterocycles. The third kappa shape index (κ3) is 6.50. The molecule has 2 amide bonds. The molecule has 0 saturated carbocycles. The second-order valence-corrected chi connectivity index (χ2v) is 10.9. The second-order valence-electron chi connectivity index (χ2n) is 10.9. The standard InChI is InChI=1S/C17H19N5.C13H16N2O2/c1-16(2,9-18)14-5-13(8-22-12-20-11-21-22)6-15(7-14)17(3,4)10-19;1-2-13(8-7-11(16)15-12(13)17)9-3-5-10(14)6-4-9/h5-7,11-12H,8H2,1-4H3;3-6H,2,7-8,14H2,1H3,(H,15,16,17). The van der Waals surface area contributed by atoms with E-state index in [-0.39, 0.29) is 11.8 Å². The third-order valence-electron chi connectivity index (χ3n) is 7.34. The molecule has 3 aromatic rings. The molecule has 39 heavy (non-hydrogen) atoms. The molecule has 9 nitrogen and oxygen atoms in total. The zero-order valence-electron chi connectivity index (χ0n) is 23.2. The maximum atomic E-state index is 12.1. The van der Waals surface area contributed by atoms with E-state index < -0.39 is 16.2 Å². The van der Waals surface area contributed by atoms with Gasteiger partial charge < -0.3 is 5.73 Å². The normalized spacial score (nSPS) is 17.3. The van der Waals surface area contributed by atoms with Gasteiger partial charge >= 0.3 is 0 Å². The number of amides is 2. The van der Waals surface area contributed by atoms with E-state index in [1.54, 1.807) is 23.1 Å². The number of hydrogen-bond donors (Lipinski definition) is 2. The van der Waals surface area contributed by atoms with E-state index in [2.05, 4.69) is 27.5 Å². The molecule has 2 aromatic carbocycles. The van der Waals surface area contributed by atoms with E-state index in [0.717, 1.165) is 22.3 Å². The quantitative estimate of drug-likeness (QED) is 0.360. The van der Waals surface area contributed by atoms with Gasteiger partial charge in [0.25, 0.3) is 0 Å². The lowest BCUT2D eigenvalue weighted by molar-refractivity contribution is -0.138. The zero-order chi connectivity index (χ0) is 28.8. The van der Waals surface area contributed by atoms with Crippen LogP contribution in [0.2, 0.25) is 0 Å². The first-order valence-corrected chi connectivity index (χ1v) is 12.9. The molecule has 0 radical (unpaired) electrons. The molecule has 1 aromatic heterocycles. The summed E-state index contributed by atoms with van der Waals surface area (Å²) in [6.07, 6.45) is 4.78. The van der Waals surface area contributed by atoms with Crippen LogP contribution in [-0.2, 0) is 32.4 Å². The highest BCUT2D eigenvalue weighted by Crippen LogP contribution is 2.36. The molecule has 202 valence electrons. The number of piperidine rings is 1. The minimum Gasteiger partial charge on any atom is -0.399 e. The van der Waals surface area contributed by atoms with Crippen molar-refractivity contribution in [1.29, 1.82) is 10.5 Å². The van der Waals surface area contributed by atoms with Gasteiger partial charge in [0.15, 0.2) is 0 Å².